The van der Waals surface area contributed by atoms with Gasteiger partial charge in [0.25, 0.3) is 0 Å². The summed E-state index contributed by atoms with van der Waals surface area (Å²) in [6.07, 6.45) is 7.22. The zero-order chi connectivity index (χ0) is 18.1. The van der Waals surface area contributed by atoms with Crippen molar-refractivity contribution in [1.29, 1.82) is 0 Å². The Morgan fingerprint density at radius 1 is 1.31 bits per heavy atom. The molecule has 1 unspecified atom stereocenters. The van der Waals surface area contributed by atoms with E-state index in [0.717, 1.165) is 61.4 Å². The maximum absolute atomic E-state index is 12.7. The van der Waals surface area contributed by atoms with E-state index in [-0.39, 0.29) is 12.6 Å². The molecule has 0 amide bonds. The van der Waals surface area contributed by atoms with Crippen molar-refractivity contribution in [2.45, 2.75) is 31.7 Å². The highest BCUT2D eigenvalue weighted by Gasteiger charge is 2.35. The van der Waals surface area contributed by atoms with Gasteiger partial charge in [-0.05, 0) is 43.6 Å². The van der Waals surface area contributed by atoms with E-state index < -0.39 is 11.0 Å². The lowest BCUT2D eigenvalue weighted by molar-refractivity contribution is 0.235. The van der Waals surface area contributed by atoms with Gasteiger partial charge in [0, 0.05) is 38.1 Å². The molecule has 8 heteroatoms. The van der Waals surface area contributed by atoms with E-state index in [2.05, 4.69) is 26.9 Å². The molecule has 1 aliphatic carbocycles. The first-order chi connectivity index (χ1) is 12.7. The third-order valence-corrected chi connectivity index (χ3v) is 7.58. The molecule has 3 heterocycles. The van der Waals surface area contributed by atoms with Gasteiger partial charge in [-0.25, -0.2) is 18.5 Å². The van der Waals surface area contributed by atoms with E-state index in [1.165, 1.54) is 0 Å². The van der Waals surface area contributed by atoms with Crippen molar-refractivity contribution in [2.75, 3.05) is 37.5 Å². The average Bonchev–Trinajstić information content (AvgIpc) is 3.12. The number of aromatic nitrogens is 3. The van der Waals surface area contributed by atoms with Crippen LogP contribution in [0.5, 0.6) is 0 Å². The van der Waals surface area contributed by atoms with Crippen molar-refractivity contribution in [1.82, 2.24) is 19.3 Å². The summed E-state index contributed by atoms with van der Waals surface area (Å²) in [5.74, 6) is 2.34. The Morgan fingerprint density at radius 2 is 2.08 bits per heavy atom. The summed E-state index contributed by atoms with van der Waals surface area (Å²) in [6, 6.07) is 2.44. The summed E-state index contributed by atoms with van der Waals surface area (Å²) in [5.41, 5.74) is 0.857. The Hall–Kier alpha value is -1.54. The highest BCUT2D eigenvalue weighted by atomic mass is 32.2. The topological polar surface area (TPSA) is 65.1 Å². The third kappa shape index (κ3) is 3.49. The highest BCUT2D eigenvalue weighted by Crippen LogP contribution is 2.36. The molecule has 26 heavy (non-hydrogen) atoms. The van der Waals surface area contributed by atoms with Crippen LogP contribution in [0.2, 0.25) is 0 Å². The predicted molar refractivity (Wildman–Crippen MR) is 102 cm³/mol. The van der Waals surface area contributed by atoms with E-state index in [1.807, 2.05) is 16.6 Å². The number of halogens is 1. The summed E-state index contributed by atoms with van der Waals surface area (Å²) in [7, 11) is 1.15. The van der Waals surface area contributed by atoms with Crippen LogP contribution in [0.25, 0.3) is 11.0 Å². The number of fused-ring (bicyclic) bond motifs is 1. The van der Waals surface area contributed by atoms with E-state index in [1.54, 1.807) is 6.33 Å². The number of alkyl halides is 1. The fourth-order valence-corrected chi connectivity index (χ4v) is 5.54. The summed E-state index contributed by atoms with van der Waals surface area (Å²) in [6.45, 7) is 1.29. The zero-order valence-electron chi connectivity index (χ0n) is 15.1. The van der Waals surface area contributed by atoms with Crippen molar-refractivity contribution < 1.29 is 8.60 Å². The van der Waals surface area contributed by atoms with Crippen LogP contribution in [0.3, 0.4) is 0 Å². The Bertz CT molecular complexity index is 770. The van der Waals surface area contributed by atoms with Crippen LogP contribution in [-0.2, 0) is 11.0 Å². The largest absolute Gasteiger partial charge is 0.356 e. The predicted octanol–water partition coefficient (Wildman–Crippen LogP) is 2.52. The molecule has 2 aromatic heterocycles. The van der Waals surface area contributed by atoms with Gasteiger partial charge in [0.1, 0.15) is 17.8 Å². The number of aromatic amines is 1. The smallest absolute Gasteiger partial charge is 0.142 e. The van der Waals surface area contributed by atoms with Crippen molar-refractivity contribution in [3.05, 3.63) is 18.6 Å². The van der Waals surface area contributed by atoms with Crippen LogP contribution < -0.4 is 4.90 Å². The molecule has 2 fully saturated rings. The molecule has 142 valence electrons. The second-order valence-electron chi connectivity index (χ2n) is 7.55. The van der Waals surface area contributed by atoms with Crippen LogP contribution in [0.1, 0.15) is 25.7 Å². The van der Waals surface area contributed by atoms with Crippen molar-refractivity contribution in [2.24, 2.45) is 11.8 Å². The molecule has 4 rings (SSSR count). The highest BCUT2D eigenvalue weighted by molar-refractivity contribution is 7.82. The Balaban J connectivity index is 1.29. The molecule has 2 aliphatic rings. The number of rotatable bonds is 6. The van der Waals surface area contributed by atoms with Crippen molar-refractivity contribution >= 4 is 27.8 Å². The van der Waals surface area contributed by atoms with Gasteiger partial charge >= 0.3 is 0 Å². The molecule has 2 aromatic rings. The van der Waals surface area contributed by atoms with Crippen LogP contribution in [0.15, 0.2) is 18.6 Å². The summed E-state index contributed by atoms with van der Waals surface area (Å²) in [5, 5.41) is 1.04. The molecule has 0 bridgehead atoms. The number of hydrogen-bond acceptors (Lipinski definition) is 4. The monoisotopic (exact) mass is 379 g/mol. The molecular weight excluding hydrogens is 353 g/mol. The lowest BCUT2D eigenvalue weighted by Gasteiger charge is -2.42. The van der Waals surface area contributed by atoms with E-state index in [0.29, 0.717) is 12.0 Å². The van der Waals surface area contributed by atoms with Gasteiger partial charge in [-0.1, -0.05) is 0 Å². The van der Waals surface area contributed by atoms with Crippen LogP contribution in [-0.4, -0.2) is 62.1 Å². The first kappa shape index (κ1) is 17.9. The first-order valence-corrected chi connectivity index (χ1v) is 10.6. The molecule has 0 radical (unpaired) electrons. The Morgan fingerprint density at radius 3 is 2.81 bits per heavy atom. The van der Waals surface area contributed by atoms with Gasteiger partial charge in [0.15, 0.2) is 0 Å². The number of hydrogen-bond donors (Lipinski definition) is 1. The summed E-state index contributed by atoms with van der Waals surface area (Å²) >= 11 is 0. The van der Waals surface area contributed by atoms with Crippen LogP contribution >= 0.6 is 0 Å². The molecule has 1 atom stereocenters. The molecule has 0 spiro atoms. The van der Waals surface area contributed by atoms with E-state index in [9.17, 15) is 8.60 Å². The lowest BCUT2D eigenvalue weighted by atomic mass is 9.81. The minimum absolute atomic E-state index is 0.170. The number of piperidine rings is 1. The maximum atomic E-state index is 12.7. The van der Waals surface area contributed by atoms with Gasteiger partial charge < -0.3 is 9.88 Å². The second-order valence-corrected chi connectivity index (χ2v) is 9.05. The molecule has 1 saturated heterocycles. The SMILES string of the molecule is CN(c1ncnc2[nH]ccc12)C1CC(CS(=O)N2CCC(CF)CC2)C1. The number of H-pyrrole nitrogens is 1. The quantitative estimate of drug-likeness (QED) is 0.838. The lowest BCUT2D eigenvalue weighted by Crippen LogP contribution is -2.46. The third-order valence-electron chi connectivity index (χ3n) is 5.88. The molecular formula is C18H26FN5OS. The zero-order valence-corrected chi connectivity index (χ0v) is 15.9. The maximum Gasteiger partial charge on any atom is 0.142 e. The van der Waals surface area contributed by atoms with Gasteiger partial charge in [-0.2, -0.15) is 0 Å². The summed E-state index contributed by atoms with van der Waals surface area (Å²) < 4.78 is 27.3. The van der Waals surface area contributed by atoms with E-state index in [4.69, 9.17) is 0 Å². The molecule has 1 N–H and O–H groups in total. The van der Waals surface area contributed by atoms with Gasteiger partial charge in [0.2, 0.25) is 0 Å². The van der Waals surface area contributed by atoms with Crippen molar-refractivity contribution in [3.63, 3.8) is 0 Å². The molecule has 1 aliphatic heterocycles. The second kappa shape index (κ2) is 7.60. The minimum Gasteiger partial charge on any atom is -0.356 e. The molecule has 6 nitrogen and oxygen atoms in total. The minimum atomic E-state index is -0.929. The fraction of sp³-hybridized carbons (Fsp3) is 0.667. The Kier molecular flexibility index (Phi) is 5.22. The summed E-state index contributed by atoms with van der Waals surface area (Å²) in [4.78, 5) is 14.0. The normalized spacial score (nSPS) is 25.9. The number of nitrogens with zero attached hydrogens (tertiary/aromatic N) is 4. The van der Waals surface area contributed by atoms with E-state index >= 15 is 0 Å². The first-order valence-electron chi connectivity index (χ1n) is 9.36. The molecule has 0 aromatic carbocycles. The Labute approximate surface area is 155 Å². The van der Waals surface area contributed by atoms with Crippen LogP contribution in [0, 0.1) is 11.8 Å². The number of nitrogens with one attached hydrogen (secondary N) is 1. The number of anilines is 1. The average molecular weight is 380 g/mol. The standard InChI is InChI=1S/C18H26FN5OS/c1-23(18-16-2-5-20-17(16)21-12-22-18)15-8-14(9-15)11-26(25)24-6-3-13(10-19)4-7-24/h2,5,12-15H,3-4,6-11H2,1H3,(H,20,21,22). The van der Waals surface area contributed by atoms with Crippen molar-refractivity contribution in [3.8, 4) is 0 Å². The molecule has 1 saturated carbocycles. The van der Waals surface area contributed by atoms with Gasteiger partial charge in [-0.3, -0.25) is 4.39 Å². The van der Waals surface area contributed by atoms with Crippen LogP contribution in [0.4, 0.5) is 10.2 Å². The fourth-order valence-electron chi connectivity index (χ4n) is 4.04. The van der Waals surface area contributed by atoms with Gasteiger partial charge in [0.05, 0.1) is 23.0 Å². The van der Waals surface area contributed by atoms with Gasteiger partial charge in [-0.15, -0.1) is 0 Å².